The van der Waals surface area contributed by atoms with Crippen molar-refractivity contribution >= 4 is 11.6 Å². The second-order valence-electron chi connectivity index (χ2n) is 6.93. The number of rotatable bonds is 6. The van der Waals surface area contributed by atoms with E-state index in [0.29, 0.717) is 12.1 Å². The van der Waals surface area contributed by atoms with Gasteiger partial charge in [-0.25, -0.2) is 0 Å². The van der Waals surface area contributed by atoms with Crippen LogP contribution in [0.4, 0.5) is 5.69 Å². The molecule has 6 heteroatoms. The summed E-state index contributed by atoms with van der Waals surface area (Å²) in [5, 5.41) is 7.14. The Hall–Kier alpha value is -2.11. The summed E-state index contributed by atoms with van der Waals surface area (Å²) in [7, 11) is 3.37. The highest BCUT2D eigenvalue weighted by Crippen LogP contribution is 2.31. The van der Waals surface area contributed by atoms with Crippen molar-refractivity contribution in [1.82, 2.24) is 10.6 Å². The Bertz CT molecular complexity index is 597. The minimum Gasteiger partial charge on any atom is -0.497 e. The molecule has 1 aromatic carbocycles. The number of methoxy groups -OCH3 is 2. The number of nitrogens with one attached hydrogen (secondary N) is 2. The lowest BCUT2D eigenvalue weighted by atomic mass is 10.2. The average Bonchev–Trinajstić information content (AvgIpc) is 3.11. The molecule has 1 aliphatic heterocycles. The van der Waals surface area contributed by atoms with Gasteiger partial charge >= 0.3 is 0 Å². The van der Waals surface area contributed by atoms with Gasteiger partial charge in [0, 0.05) is 55.6 Å². The maximum atomic E-state index is 5.39. The quantitative estimate of drug-likeness (QED) is 0.611. The van der Waals surface area contributed by atoms with E-state index < -0.39 is 0 Å². The Morgan fingerprint density at radius 1 is 1.20 bits per heavy atom. The van der Waals surface area contributed by atoms with Crippen molar-refractivity contribution in [3.63, 3.8) is 0 Å². The first kappa shape index (κ1) is 17.7. The molecule has 0 spiro atoms. The molecular weight excluding hydrogens is 316 g/mol. The van der Waals surface area contributed by atoms with Crippen LogP contribution >= 0.6 is 0 Å². The summed E-state index contributed by atoms with van der Waals surface area (Å²) in [5.74, 6) is 3.35. The van der Waals surface area contributed by atoms with Crippen LogP contribution in [0.15, 0.2) is 23.2 Å². The maximum Gasteiger partial charge on any atom is 0.191 e. The van der Waals surface area contributed by atoms with Gasteiger partial charge in [0.2, 0.25) is 0 Å². The summed E-state index contributed by atoms with van der Waals surface area (Å²) in [6, 6.07) is 7.01. The molecule has 3 rings (SSSR count). The van der Waals surface area contributed by atoms with Crippen molar-refractivity contribution in [1.29, 1.82) is 0 Å². The van der Waals surface area contributed by atoms with Crippen molar-refractivity contribution in [3.8, 4) is 11.5 Å². The summed E-state index contributed by atoms with van der Waals surface area (Å²) >= 11 is 0. The first-order chi connectivity index (χ1) is 12.1. The van der Waals surface area contributed by atoms with Crippen molar-refractivity contribution in [2.75, 3.05) is 38.8 Å². The normalized spacial score (nSPS) is 25.7. The monoisotopic (exact) mass is 346 g/mol. The van der Waals surface area contributed by atoms with Gasteiger partial charge in [-0.15, -0.1) is 0 Å². The predicted molar refractivity (Wildman–Crippen MR) is 102 cm³/mol. The van der Waals surface area contributed by atoms with E-state index in [-0.39, 0.29) is 0 Å². The first-order valence-electron chi connectivity index (χ1n) is 9.18. The van der Waals surface area contributed by atoms with Gasteiger partial charge in [-0.2, -0.15) is 0 Å². The van der Waals surface area contributed by atoms with Crippen molar-refractivity contribution < 1.29 is 9.47 Å². The number of aliphatic imine (C=N–C) groups is 1. The van der Waals surface area contributed by atoms with Gasteiger partial charge in [0.25, 0.3) is 0 Å². The van der Waals surface area contributed by atoms with E-state index in [1.54, 1.807) is 14.2 Å². The molecule has 6 nitrogen and oxygen atoms in total. The van der Waals surface area contributed by atoms with E-state index in [1.165, 1.54) is 6.42 Å². The lowest BCUT2D eigenvalue weighted by Gasteiger charge is -2.21. The second-order valence-corrected chi connectivity index (χ2v) is 6.93. The van der Waals surface area contributed by atoms with Gasteiger partial charge in [-0.05, 0) is 25.7 Å². The third-order valence-electron chi connectivity index (χ3n) is 4.98. The fourth-order valence-electron chi connectivity index (χ4n) is 3.27. The number of ether oxygens (including phenoxy) is 2. The molecule has 1 aromatic rings. The summed E-state index contributed by atoms with van der Waals surface area (Å²) < 4.78 is 10.8. The molecule has 25 heavy (non-hydrogen) atoms. The number of guanidine groups is 1. The average molecular weight is 346 g/mol. The molecule has 2 N–H and O–H groups in total. The van der Waals surface area contributed by atoms with Gasteiger partial charge in [0.1, 0.15) is 11.5 Å². The zero-order chi connectivity index (χ0) is 17.8. The van der Waals surface area contributed by atoms with E-state index in [0.717, 1.165) is 55.1 Å². The highest BCUT2D eigenvalue weighted by atomic mass is 16.5. The zero-order valence-electron chi connectivity index (χ0n) is 15.7. The predicted octanol–water partition coefficient (Wildman–Crippen LogP) is 2.25. The Morgan fingerprint density at radius 2 is 1.88 bits per heavy atom. The standard InChI is InChI=1S/C19H30N4O2/c1-5-20-19(22-18-8-13(18)2)21-14-6-7-23(12-14)15-9-16(24-3)11-17(10-15)25-4/h9-11,13-14,18H,5-8,12H2,1-4H3,(H2,20,21,22). The molecule has 0 bridgehead atoms. The summed E-state index contributed by atoms with van der Waals surface area (Å²) in [6.45, 7) is 7.09. The smallest absolute Gasteiger partial charge is 0.191 e. The largest absolute Gasteiger partial charge is 0.497 e. The molecule has 3 unspecified atom stereocenters. The number of anilines is 1. The third kappa shape index (κ3) is 4.50. The molecule has 0 radical (unpaired) electrons. The molecule has 0 amide bonds. The van der Waals surface area contributed by atoms with Crippen molar-refractivity contribution in [2.45, 2.75) is 38.8 Å². The minimum atomic E-state index is 0.393. The van der Waals surface area contributed by atoms with Gasteiger partial charge in [0.05, 0.1) is 14.2 Å². The molecule has 2 fully saturated rings. The summed E-state index contributed by atoms with van der Waals surface area (Å²) in [5.41, 5.74) is 1.14. The molecule has 1 aliphatic carbocycles. The Balaban J connectivity index is 1.62. The van der Waals surface area contributed by atoms with Crippen LogP contribution in [-0.2, 0) is 0 Å². The van der Waals surface area contributed by atoms with Crippen LogP contribution in [0.25, 0.3) is 0 Å². The fourth-order valence-corrected chi connectivity index (χ4v) is 3.27. The van der Waals surface area contributed by atoms with Crippen LogP contribution in [0, 0.1) is 5.92 Å². The van der Waals surface area contributed by atoms with Crippen LogP contribution in [-0.4, -0.2) is 51.9 Å². The molecule has 1 saturated carbocycles. The van der Waals surface area contributed by atoms with Crippen LogP contribution in [0.1, 0.15) is 26.7 Å². The minimum absolute atomic E-state index is 0.393. The Morgan fingerprint density at radius 3 is 2.44 bits per heavy atom. The Kier molecular flexibility index (Phi) is 5.56. The van der Waals surface area contributed by atoms with Crippen molar-refractivity contribution in [3.05, 3.63) is 18.2 Å². The summed E-state index contributed by atoms with van der Waals surface area (Å²) in [4.78, 5) is 6.96. The zero-order valence-corrected chi connectivity index (χ0v) is 15.7. The van der Waals surface area contributed by atoms with Crippen LogP contribution in [0.2, 0.25) is 0 Å². The van der Waals surface area contributed by atoms with Gasteiger partial charge in [-0.1, -0.05) is 6.92 Å². The van der Waals surface area contributed by atoms with Crippen LogP contribution in [0.3, 0.4) is 0 Å². The SMILES string of the molecule is CCN=C(NC1CCN(c2cc(OC)cc(OC)c2)C1)NC1CC1C. The maximum absolute atomic E-state index is 5.39. The number of benzene rings is 1. The second kappa shape index (κ2) is 7.85. The molecule has 0 aromatic heterocycles. The topological polar surface area (TPSA) is 58.1 Å². The molecule has 1 saturated heterocycles. The van der Waals surface area contributed by atoms with E-state index in [4.69, 9.17) is 9.47 Å². The molecule has 3 atom stereocenters. The first-order valence-corrected chi connectivity index (χ1v) is 9.18. The van der Waals surface area contributed by atoms with E-state index in [2.05, 4.69) is 46.5 Å². The lowest BCUT2D eigenvalue weighted by molar-refractivity contribution is 0.394. The van der Waals surface area contributed by atoms with E-state index in [1.807, 2.05) is 6.07 Å². The van der Waals surface area contributed by atoms with Gasteiger partial charge < -0.3 is 25.0 Å². The fraction of sp³-hybridized carbons (Fsp3) is 0.632. The number of hydrogen-bond acceptors (Lipinski definition) is 4. The van der Waals surface area contributed by atoms with Crippen molar-refractivity contribution in [2.24, 2.45) is 10.9 Å². The molecule has 138 valence electrons. The number of hydrogen-bond donors (Lipinski definition) is 2. The number of nitrogens with zero attached hydrogens (tertiary/aromatic N) is 2. The Labute approximate surface area is 150 Å². The summed E-state index contributed by atoms with van der Waals surface area (Å²) in [6.07, 6.45) is 2.33. The van der Waals surface area contributed by atoms with Gasteiger partial charge in [0.15, 0.2) is 5.96 Å². The van der Waals surface area contributed by atoms with Crippen LogP contribution < -0.4 is 25.0 Å². The van der Waals surface area contributed by atoms with E-state index in [9.17, 15) is 0 Å². The van der Waals surface area contributed by atoms with Gasteiger partial charge in [-0.3, -0.25) is 4.99 Å². The highest BCUT2D eigenvalue weighted by molar-refractivity contribution is 5.81. The highest BCUT2D eigenvalue weighted by Gasteiger charge is 2.34. The molecule has 1 heterocycles. The third-order valence-corrected chi connectivity index (χ3v) is 4.98. The molecular formula is C19H30N4O2. The van der Waals surface area contributed by atoms with E-state index >= 15 is 0 Å². The lowest BCUT2D eigenvalue weighted by Crippen LogP contribution is -2.45. The molecule has 2 aliphatic rings. The van der Waals surface area contributed by atoms with Crippen LogP contribution in [0.5, 0.6) is 11.5 Å².